The van der Waals surface area contributed by atoms with Gasteiger partial charge in [-0.2, -0.15) is 0 Å². The molecule has 0 spiro atoms. The second-order valence-electron chi connectivity index (χ2n) is 5.89. The van der Waals surface area contributed by atoms with Crippen LogP contribution in [0.4, 0.5) is 0 Å². The number of thiocarbonyl (C=S) groups is 1. The number of fused-ring (bicyclic) bond motifs is 1. The number of pyridine rings is 1. The van der Waals surface area contributed by atoms with Crippen LogP contribution in [0.5, 0.6) is 5.75 Å². The van der Waals surface area contributed by atoms with Gasteiger partial charge >= 0.3 is 0 Å². The Bertz CT molecular complexity index is 802. The van der Waals surface area contributed by atoms with E-state index in [2.05, 4.69) is 20.5 Å². The van der Waals surface area contributed by atoms with E-state index >= 15 is 0 Å². The van der Waals surface area contributed by atoms with Gasteiger partial charge in [-0.3, -0.25) is 9.78 Å². The molecule has 1 amide bonds. The third-order valence-corrected chi connectivity index (χ3v) is 4.56. The van der Waals surface area contributed by atoms with Gasteiger partial charge in [-0.1, -0.05) is 12.8 Å². The first kappa shape index (κ1) is 16.6. The molecule has 0 bridgehead atoms. The Labute approximate surface area is 146 Å². The lowest BCUT2D eigenvalue weighted by molar-refractivity contribution is 0.0923. The summed E-state index contributed by atoms with van der Waals surface area (Å²) in [4.78, 5) is 21.3. The third-order valence-electron chi connectivity index (χ3n) is 4.46. The fourth-order valence-electron chi connectivity index (χ4n) is 3.20. The van der Waals surface area contributed by atoms with Crippen molar-refractivity contribution in [1.29, 1.82) is 0 Å². The SMILES string of the molecule is COc1ccc2nccc(C(=O)N[C@H]3CCCC[C@@H]3N=C=S)c2c1. The summed E-state index contributed by atoms with van der Waals surface area (Å²) in [5, 5.41) is 6.35. The van der Waals surface area contributed by atoms with Crippen molar-refractivity contribution in [3.05, 3.63) is 36.0 Å². The Balaban J connectivity index is 1.89. The van der Waals surface area contributed by atoms with Gasteiger partial charge in [0, 0.05) is 11.6 Å². The highest BCUT2D eigenvalue weighted by Crippen LogP contribution is 2.24. The summed E-state index contributed by atoms with van der Waals surface area (Å²) in [6.45, 7) is 0. The Morgan fingerprint density at radius 2 is 2.21 bits per heavy atom. The highest BCUT2D eigenvalue weighted by atomic mass is 32.1. The number of ether oxygens (including phenoxy) is 1. The summed E-state index contributed by atoms with van der Waals surface area (Å²) in [5.74, 6) is 0.581. The van der Waals surface area contributed by atoms with E-state index in [-0.39, 0.29) is 18.0 Å². The molecule has 1 aromatic heterocycles. The summed E-state index contributed by atoms with van der Waals surface area (Å²) in [6.07, 6.45) is 5.67. The van der Waals surface area contributed by atoms with Gasteiger partial charge in [-0.15, -0.1) is 0 Å². The number of nitrogens with zero attached hydrogens (tertiary/aromatic N) is 2. The first-order chi connectivity index (χ1) is 11.7. The number of methoxy groups -OCH3 is 1. The van der Waals surface area contributed by atoms with Crippen molar-refractivity contribution in [1.82, 2.24) is 10.3 Å². The number of carbonyl (C=O) groups is 1. The molecule has 0 unspecified atom stereocenters. The predicted molar refractivity (Wildman–Crippen MR) is 96.8 cm³/mol. The molecule has 1 aliphatic rings. The van der Waals surface area contributed by atoms with E-state index in [0.29, 0.717) is 11.3 Å². The average Bonchev–Trinajstić information content (AvgIpc) is 2.62. The molecule has 2 aromatic rings. The molecule has 1 N–H and O–H groups in total. The number of aliphatic imine (C=N–C) groups is 1. The molecule has 1 fully saturated rings. The number of hydrogen-bond donors (Lipinski definition) is 1. The number of nitrogens with one attached hydrogen (secondary N) is 1. The van der Waals surface area contributed by atoms with Gasteiger partial charge in [-0.25, -0.2) is 4.99 Å². The summed E-state index contributed by atoms with van der Waals surface area (Å²) in [6, 6.07) is 7.27. The molecule has 0 radical (unpaired) electrons. The minimum Gasteiger partial charge on any atom is -0.497 e. The fourth-order valence-corrected chi connectivity index (χ4v) is 3.33. The summed E-state index contributed by atoms with van der Waals surface area (Å²) >= 11 is 4.73. The number of hydrogen-bond acceptors (Lipinski definition) is 5. The number of isothiocyanates is 1. The number of rotatable bonds is 4. The predicted octanol–water partition coefficient (Wildman–Crippen LogP) is 3.39. The van der Waals surface area contributed by atoms with E-state index in [0.717, 1.165) is 36.6 Å². The van der Waals surface area contributed by atoms with E-state index in [1.807, 2.05) is 18.2 Å². The normalized spacial score (nSPS) is 20.2. The molecule has 5 nitrogen and oxygen atoms in total. The standard InChI is InChI=1S/C18H19N3O2S/c1-23-12-6-7-15-14(10-12)13(8-9-19-15)18(22)21-17-5-3-2-4-16(17)20-11-24/h6-10,16-17H,2-5H2,1H3,(H,21,22)/t16-,17-/m0/s1. The smallest absolute Gasteiger partial charge is 0.252 e. The zero-order chi connectivity index (χ0) is 16.9. The molecule has 3 rings (SSSR count). The van der Waals surface area contributed by atoms with Gasteiger partial charge in [0.2, 0.25) is 0 Å². The first-order valence-electron chi connectivity index (χ1n) is 8.03. The van der Waals surface area contributed by atoms with Crippen LogP contribution in [0.15, 0.2) is 35.5 Å². The van der Waals surface area contributed by atoms with Crippen LogP contribution in [-0.4, -0.2) is 35.2 Å². The van der Waals surface area contributed by atoms with Crippen LogP contribution in [0.3, 0.4) is 0 Å². The molecule has 1 aromatic carbocycles. The average molecular weight is 341 g/mol. The molecular formula is C18H19N3O2S. The van der Waals surface area contributed by atoms with E-state index < -0.39 is 0 Å². The number of benzene rings is 1. The van der Waals surface area contributed by atoms with Gasteiger partial charge in [0.1, 0.15) is 5.75 Å². The lowest BCUT2D eigenvalue weighted by Crippen LogP contribution is -2.44. The van der Waals surface area contributed by atoms with Crippen molar-refractivity contribution >= 4 is 34.2 Å². The maximum Gasteiger partial charge on any atom is 0.252 e. The van der Waals surface area contributed by atoms with Gasteiger partial charge in [-0.05, 0) is 49.3 Å². The molecular weight excluding hydrogens is 322 g/mol. The maximum absolute atomic E-state index is 12.8. The van der Waals surface area contributed by atoms with Gasteiger partial charge in [0.15, 0.2) is 0 Å². The van der Waals surface area contributed by atoms with Crippen molar-refractivity contribution in [3.63, 3.8) is 0 Å². The zero-order valence-electron chi connectivity index (χ0n) is 13.5. The highest BCUT2D eigenvalue weighted by molar-refractivity contribution is 7.78. The second-order valence-corrected chi connectivity index (χ2v) is 6.08. The molecule has 0 aliphatic heterocycles. The van der Waals surface area contributed by atoms with Crippen LogP contribution >= 0.6 is 12.2 Å². The number of amides is 1. The Hall–Kier alpha value is -2.30. The van der Waals surface area contributed by atoms with Crippen LogP contribution in [0.25, 0.3) is 10.9 Å². The molecule has 1 saturated carbocycles. The Morgan fingerprint density at radius 3 is 3.00 bits per heavy atom. The topological polar surface area (TPSA) is 63.6 Å². The van der Waals surface area contributed by atoms with Crippen molar-refractivity contribution in [2.75, 3.05) is 7.11 Å². The lowest BCUT2D eigenvalue weighted by atomic mass is 9.90. The minimum absolute atomic E-state index is 0.00415. The molecule has 2 atom stereocenters. The Kier molecular flexibility index (Phi) is 5.18. The zero-order valence-corrected chi connectivity index (χ0v) is 14.3. The minimum atomic E-state index is -0.118. The number of carbonyl (C=O) groups excluding carboxylic acids is 1. The van der Waals surface area contributed by atoms with Gasteiger partial charge < -0.3 is 10.1 Å². The monoisotopic (exact) mass is 341 g/mol. The fraction of sp³-hybridized carbons (Fsp3) is 0.389. The van der Waals surface area contributed by atoms with Crippen LogP contribution < -0.4 is 10.1 Å². The van der Waals surface area contributed by atoms with Gasteiger partial charge in [0.25, 0.3) is 5.91 Å². The van der Waals surface area contributed by atoms with Crippen molar-refractivity contribution < 1.29 is 9.53 Å². The van der Waals surface area contributed by atoms with E-state index in [1.54, 1.807) is 19.4 Å². The molecule has 1 heterocycles. The van der Waals surface area contributed by atoms with Crippen LogP contribution in [0.1, 0.15) is 36.0 Å². The third kappa shape index (κ3) is 3.45. The van der Waals surface area contributed by atoms with Crippen LogP contribution in [0, 0.1) is 0 Å². The van der Waals surface area contributed by atoms with E-state index in [4.69, 9.17) is 17.0 Å². The van der Waals surface area contributed by atoms with Gasteiger partial charge in [0.05, 0.1) is 35.4 Å². The lowest BCUT2D eigenvalue weighted by Gasteiger charge is -2.28. The summed E-state index contributed by atoms with van der Waals surface area (Å²) in [5.41, 5.74) is 1.36. The maximum atomic E-state index is 12.8. The molecule has 6 heteroatoms. The molecule has 1 aliphatic carbocycles. The van der Waals surface area contributed by atoms with Crippen molar-refractivity contribution in [2.24, 2.45) is 4.99 Å². The molecule has 0 saturated heterocycles. The molecule has 24 heavy (non-hydrogen) atoms. The highest BCUT2D eigenvalue weighted by Gasteiger charge is 2.26. The van der Waals surface area contributed by atoms with E-state index in [9.17, 15) is 4.79 Å². The van der Waals surface area contributed by atoms with E-state index in [1.165, 1.54) is 0 Å². The summed E-state index contributed by atoms with van der Waals surface area (Å²) < 4.78 is 5.26. The quantitative estimate of drug-likeness (QED) is 0.684. The number of aromatic nitrogens is 1. The van der Waals surface area contributed by atoms with Crippen LogP contribution in [-0.2, 0) is 0 Å². The van der Waals surface area contributed by atoms with Crippen molar-refractivity contribution in [3.8, 4) is 5.75 Å². The summed E-state index contributed by atoms with van der Waals surface area (Å²) in [7, 11) is 1.60. The first-order valence-corrected chi connectivity index (χ1v) is 8.44. The van der Waals surface area contributed by atoms with Crippen LogP contribution in [0.2, 0.25) is 0 Å². The Morgan fingerprint density at radius 1 is 1.38 bits per heavy atom. The van der Waals surface area contributed by atoms with Crippen molar-refractivity contribution in [2.45, 2.75) is 37.8 Å². The molecule has 124 valence electrons. The second kappa shape index (κ2) is 7.51. The largest absolute Gasteiger partial charge is 0.497 e.